The maximum atomic E-state index is 2.67. The molecule has 9 aromatic carbocycles. The number of aryl methyl sites for hydroxylation is 3. The highest BCUT2D eigenvalue weighted by Gasteiger charge is 2.44. The van der Waals surface area contributed by atoms with Crippen molar-refractivity contribution in [3.05, 3.63) is 222 Å². The number of hydrogen-bond acceptors (Lipinski definition) is 2. The van der Waals surface area contributed by atoms with Gasteiger partial charge in [-0.3, -0.25) is 0 Å². The van der Waals surface area contributed by atoms with Crippen LogP contribution in [-0.4, -0.2) is 6.71 Å². The predicted molar refractivity (Wildman–Crippen MR) is 289 cm³/mol. The van der Waals surface area contributed by atoms with Gasteiger partial charge >= 0.3 is 0 Å². The van der Waals surface area contributed by atoms with Gasteiger partial charge in [-0.05, 0) is 195 Å². The summed E-state index contributed by atoms with van der Waals surface area (Å²) in [5.41, 5.74) is 27.3. The average Bonchev–Trinajstić information content (AvgIpc) is 3.41. The van der Waals surface area contributed by atoms with Gasteiger partial charge in [-0.1, -0.05) is 159 Å². The Bertz CT molecular complexity index is 3220. The van der Waals surface area contributed by atoms with Crippen LogP contribution in [0.4, 0.5) is 34.1 Å². The van der Waals surface area contributed by atoms with Crippen molar-refractivity contribution in [3.8, 4) is 44.5 Å². The molecule has 4 aliphatic rings. The fourth-order valence-corrected chi connectivity index (χ4v) is 12.3. The molecular formula is C65H55BN2. The summed E-state index contributed by atoms with van der Waals surface area (Å²) in [6, 6.07) is 76.3. The SMILES string of the molecule is Cc1cc2c3c(c1)N(c1cc(-c4ccccc4)cc(-c4ccccc4)c1)c1cc4c(cc1B3c1ccc(C3CCCCC3)cc1N2c1cc(-c2ccccc2)cc(-c2ccccc2)c1)CCCC4. The van der Waals surface area contributed by atoms with Crippen molar-refractivity contribution >= 4 is 57.2 Å². The molecule has 0 amide bonds. The Hall–Kier alpha value is -7.36. The highest BCUT2D eigenvalue weighted by atomic mass is 15.2. The minimum Gasteiger partial charge on any atom is -0.311 e. The Labute approximate surface area is 402 Å². The van der Waals surface area contributed by atoms with Crippen LogP contribution in [-0.2, 0) is 12.8 Å². The molecule has 0 saturated heterocycles. The molecule has 328 valence electrons. The zero-order valence-corrected chi connectivity index (χ0v) is 39.0. The lowest BCUT2D eigenvalue weighted by molar-refractivity contribution is 0.444. The van der Waals surface area contributed by atoms with E-state index in [0.29, 0.717) is 5.92 Å². The van der Waals surface area contributed by atoms with E-state index in [-0.39, 0.29) is 6.71 Å². The van der Waals surface area contributed by atoms with Crippen LogP contribution in [0.25, 0.3) is 44.5 Å². The molecular weight excluding hydrogens is 820 g/mol. The van der Waals surface area contributed by atoms with E-state index >= 15 is 0 Å². The third kappa shape index (κ3) is 7.19. The number of anilines is 6. The van der Waals surface area contributed by atoms with Gasteiger partial charge in [0.05, 0.1) is 0 Å². The smallest absolute Gasteiger partial charge is 0.252 e. The van der Waals surface area contributed by atoms with Crippen molar-refractivity contribution < 1.29 is 0 Å². The average molecular weight is 875 g/mol. The molecule has 2 heterocycles. The fourth-order valence-electron chi connectivity index (χ4n) is 12.3. The Morgan fingerprint density at radius 1 is 0.368 bits per heavy atom. The van der Waals surface area contributed by atoms with Gasteiger partial charge in [0.15, 0.2) is 0 Å². The largest absolute Gasteiger partial charge is 0.311 e. The summed E-state index contributed by atoms with van der Waals surface area (Å²) < 4.78 is 0. The van der Waals surface area contributed by atoms with Gasteiger partial charge in [0.2, 0.25) is 0 Å². The highest BCUT2D eigenvalue weighted by molar-refractivity contribution is 7.00. The van der Waals surface area contributed by atoms with Crippen molar-refractivity contribution in [1.82, 2.24) is 0 Å². The van der Waals surface area contributed by atoms with Gasteiger partial charge in [-0.15, -0.1) is 0 Å². The van der Waals surface area contributed by atoms with Crippen LogP contribution in [0.3, 0.4) is 0 Å². The summed E-state index contributed by atoms with van der Waals surface area (Å²) in [5.74, 6) is 0.581. The lowest BCUT2D eigenvalue weighted by atomic mass is 9.33. The van der Waals surface area contributed by atoms with E-state index in [2.05, 4.69) is 217 Å². The second-order valence-corrected chi connectivity index (χ2v) is 19.9. The lowest BCUT2D eigenvalue weighted by Gasteiger charge is -2.45. The van der Waals surface area contributed by atoms with Crippen LogP contribution in [0.1, 0.15) is 73.1 Å². The summed E-state index contributed by atoms with van der Waals surface area (Å²) in [4.78, 5) is 5.32. The number of hydrogen-bond donors (Lipinski definition) is 0. The van der Waals surface area contributed by atoms with E-state index in [1.165, 1.54) is 162 Å². The molecule has 68 heavy (non-hydrogen) atoms. The topological polar surface area (TPSA) is 6.48 Å². The zero-order chi connectivity index (χ0) is 45.1. The zero-order valence-electron chi connectivity index (χ0n) is 39.0. The molecule has 0 radical (unpaired) electrons. The van der Waals surface area contributed by atoms with Gasteiger partial charge < -0.3 is 9.80 Å². The maximum absolute atomic E-state index is 2.67. The fraction of sp³-hybridized carbons (Fsp3) is 0.169. The molecule has 0 unspecified atom stereocenters. The molecule has 3 heteroatoms. The Kier molecular flexibility index (Phi) is 10.3. The van der Waals surface area contributed by atoms with Crippen molar-refractivity contribution in [2.45, 2.75) is 70.6 Å². The van der Waals surface area contributed by atoms with Crippen LogP contribution >= 0.6 is 0 Å². The minimum atomic E-state index is 0.0718. The highest BCUT2D eigenvalue weighted by Crippen LogP contribution is 2.49. The number of benzene rings is 9. The Morgan fingerprint density at radius 2 is 0.809 bits per heavy atom. The number of rotatable bonds is 7. The molecule has 0 atom stereocenters. The molecule has 0 spiro atoms. The first-order valence-corrected chi connectivity index (χ1v) is 25.2. The van der Waals surface area contributed by atoms with Crippen LogP contribution in [0.15, 0.2) is 200 Å². The van der Waals surface area contributed by atoms with E-state index in [4.69, 9.17) is 0 Å². The summed E-state index contributed by atoms with van der Waals surface area (Å²) >= 11 is 0. The molecule has 0 aromatic heterocycles. The summed E-state index contributed by atoms with van der Waals surface area (Å²) in [7, 11) is 0. The van der Waals surface area contributed by atoms with Crippen LogP contribution in [0.5, 0.6) is 0 Å². The van der Waals surface area contributed by atoms with Gasteiger partial charge in [0, 0.05) is 34.1 Å². The van der Waals surface area contributed by atoms with E-state index in [1.807, 2.05) is 0 Å². The summed E-state index contributed by atoms with van der Waals surface area (Å²) in [6.45, 7) is 2.38. The van der Waals surface area contributed by atoms with Crippen LogP contribution < -0.4 is 26.2 Å². The third-order valence-corrected chi connectivity index (χ3v) is 15.6. The van der Waals surface area contributed by atoms with Gasteiger partial charge in [-0.25, -0.2) is 0 Å². The first-order chi connectivity index (χ1) is 33.6. The Morgan fingerprint density at radius 3 is 1.28 bits per heavy atom. The van der Waals surface area contributed by atoms with Crippen molar-refractivity contribution in [2.75, 3.05) is 9.80 Å². The van der Waals surface area contributed by atoms with Crippen LogP contribution in [0, 0.1) is 6.92 Å². The van der Waals surface area contributed by atoms with Crippen molar-refractivity contribution in [3.63, 3.8) is 0 Å². The minimum absolute atomic E-state index is 0.0718. The molecule has 9 aromatic rings. The molecule has 0 bridgehead atoms. The first kappa shape index (κ1) is 40.9. The second kappa shape index (κ2) is 17.1. The van der Waals surface area contributed by atoms with Gasteiger partial charge in [-0.2, -0.15) is 0 Å². The van der Waals surface area contributed by atoms with Gasteiger partial charge in [0.25, 0.3) is 6.71 Å². The molecule has 0 N–H and O–H groups in total. The predicted octanol–water partition coefficient (Wildman–Crippen LogP) is 15.7. The van der Waals surface area contributed by atoms with Crippen LogP contribution in [0.2, 0.25) is 0 Å². The normalized spacial score (nSPS) is 15.0. The second-order valence-electron chi connectivity index (χ2n) is 19.9. The van der Waals surface area contributed by atoms with E-state index in [0.717, 1.165) is 12.8 Å². The van der Waals surface area contributed by atoms with Crippen molar-refractivity contribution in [1.29, 1.82) is 0 Å². The maximum Gasteiger partial charge on any atom is 0.252 e. The Balaban J connectivity index is 1.11. The van der Waals surface area contributed by atoms with E-state index < -0.39 is 0 Å². The number of nitrogens with zero attached hydrogens (tertiary/aromatic N) is 2. The third-order valence-electron chi connectivity index (χ3n) is 15.6. The van der Waals surface area contributed by atoms with Crippen molar-refractivity contribution in [2.24, 2.45) is 0 Å². The van der Waals surface area contributed by atoms with Gasteiger partial charge in [0.1, 0.15) is 0 Å². The molecule has 1 saturated carbocycles. The first-order valence-electron chi connectivity index (χ1n) is 25.2. The summed E-state index contributed by atoms with van der Waals surface area (Å²) in [5, 5.41) is 0. The standard InChI is InChI=1S/C65H55BN2/c1-44-33-63-65-64(34-44)68(58-39-55(48-25-13-5-14-26-48)36-56(40-58)49-27-15-6-16-28-49)62-42-51-30-18-17-29-50(51)41-60(62)66(65)59-32-31-52(45-19-7-2-8-20-45)43-61(59)67(63)57-37-53(46-21-9-3-10-22-46)35-54(38-57)47-23-11-4-12-24-47/h3-6,9-16,21-28,31-43,45H,2,7-8,17-20,29-30H2,1H3. The molecule has 2 nitrogen and oxygen atoms in total. The van der Waals surface area contributed by atoms with E-state index in [1.54, 1.807) is 0 Å². The number of fused-ring (bicyclic) bond motifs is 5. The quantitative estimate of drug-likeness (QED) is 0.147. The molecule has 13 rings (SSSR count). The lowest BCUT2D eigenvalue weighted by Crippen LogP contribution is -2.61. The molecule has 2 aliphatic heterocycles. The monoisotopic (exact) mass is 874 g/mol. The summed E-state index contributed by atoms with van der Waals surface area (Å²) in [6.07, 6.45) is 11.2. The molecule has 2 aliphatic carbocycles. The molecule has 1 fully saturated rings. The van der Waals surface area contributed by atoms with E-state index in [9.17, 15) is 0 Å².